The molecule has 0 aliphatic carbocycles. The number of terminal acetylenes is 1. The molecular weight excluding hydrogens is 378 g/mol. The first-order valence-corrected chi connectivity index (χ1v) is 9.03. The van der Waals surface area contributed by atoms with E-state index in [0.717, 1.165) is 0 Å². The van der Waals surface area contributed by atoms with Crippen LogP contribution in [0.25, 0.3) is 11.4 Å². The number of hydrogen-bond donors (Lipinski definition) is 0. The van der Waals surface area contributed by atoms with Gasteiger partial charge in [0.05, 0.1) is 5.02 Å². The molecule has 6 nitrogen and oxygen atoms in total. The molecule has 0 bridgehead atoms. The second-order valence-corrected chi connectivity index (χ2v) is 6.24. The van der Waals surface area contributed by atoms with Crippen LogP contribution in [-0.2, 0) is 6.54 Å². The van der Waals surface area contributed by atoms with E-state index in [-0.39, 0.29) is 19.1 Å². The van der Waals surface area contributed by atoms with E-state index in [1.807, 2.05) is 25.1 Å². The first-order valence-electron chi connectivity index (χ1n) is 8.65. The average molecular weight is 396 g/mol. The smallest absolute Gasteiger partial charge is 0.254 e. The predicted octanol–water partition coefficient (Wildman–Crippen LogP) is 4.06. The molecule has 0 unspecified atom stereocenters. The van der Waals surface area contributed by atoms with E-state index in [9.17, 15) is 4.79 Å². The Morgan fingerprint density at radius 2 is 2.00 bits per heavy atom. The number of amides is 1. The van der Waals surface area contributed by atoms with Crippen molar-refractivity contribution in [2.45, 2.75) is 13.5 Å². The Hall–Kier alpha value is -3.30. The third kappa shape index (κ3) is 4.51. The van der Waals surface area contributed by atoms with Crippen molar-refractivity contribution in [3.63, 3.8) is 0 Å². The summed E-state index contributed by atoms with van der Waals surface area (Å²) in [7, 11) is 0. The van der Waals surface area contributed by atoms with E-state index in [1.165, 1.54) is 0 Å². The van der Waals surface area contributed by atoms with E-state index in [2.05, 4.69) is 16.1 Å². The average Bonchev–Trinajstić information content (AvgIpc) is 3.19. The SMILES string of the molecule is C#CCOc1ccc(C(=O)N(CC)Cc2nc(-c3ccccc3Cl)no2)cc1. The van der Waals surface area contributed by atoms with E-state index in [0.29, 0.717) is 40.2 Å². The Morgan fingerprint density at radius 3 is 2.68 bits per heavy atom. The summed E-state index contributed by atoms with van der Waals surface area (Å²) >= 11 is 6.17. The zero-order valence-corrected chi connectivity index (χ0v) is 16.0. The van der Waals surface area contributed by atoms with Crippen LogP contribution < -0.4 is 4.74 Å². The molecule has 0 aliphatic rings. The van der Waals surface area contributed by atoms with Crippen LogP contribution in [0.3, 0.4) is 0 Å². The zero-order chi connectivity index (χ0) is 19.9. The monoisotopic (exact) mass is 395 g/mol. The molecule has 0 N–H and O–H groups in total. The van der Waals surface area contributed by atoms with Gasteiger partial charge in [0, 0.05) is 17.7 Å². The summed E-state index contributed by atoms with van der Waals surface area (Å²) in [5, 5.41) is 4.50. The van der Waals surface area contributed by atoms with Gasteiger partial charge in [0.25, 0.3) is 5.91 Å². The maximum atomic E-state index is 12.8. The lowest BCUT2D eigenvalue weighted by Crippen LogP contribution is -2.30. The van der Waals surface area contributed by atoms with Gasteiger partial charge in [-0.3, -0.25) is 4.79 Å². The number of halogens is 1. The lowest BCUT2D eigenvalue weighted by Gasteiger charge is -2.19. The van der Waals surface area contributed by atoms with Crippen molar-refractivity contribution in [2.75, 3.05) is 13.2 Å². The standard InChI is InChI=1S/C21H18ClN3O3/c1-3-13-27-16-11-9-15(10-12-16)21(26)25(4-2)14-19-23-20(24-28-19)17-7-5-6-8-18(17)22/h1,5-12H,4,13-14H2,2H3. The summed E-state index contributed by atoms with van der Waals surface area (Å²) in [5.41, 5.74) is 1.21. The van der Waals surface area contributed by atoms with Crippen LogP contribution in [0, 0.1) is 12.3 Å². The number of carbonyl (C=O) groups excluding carboxylic acids is 1. The largest absolute Gasteiger partial charge is 0.481 e. The van der Waals surface area contributed by atoms with Gasteiger partial charge in [0.2, 0.25) is 11.7 Å². The lowest BCUT2D eigenvalue weighted by atomic mass is 10.2. The Kier molecular flexibility index (Phi) is 6.30. The highest BCUT2D eigenvalue weighted by molar-refractivity contribution is 6.33. The number of rotatable bonds is 7. The number of carbonyl (C=O) groups is 1. The molecule has 0 radical (unpaired) electrons. The normalized spacial score (nSPS) is 10.3. The molecule has 1 amide bonds. The van der Waals surface area contributed by atoms with Gasteiger partial charge < -0.3 is 14.2 Å². The van der Waals surface area contributed by atoms with Crippen molar-refractivity contribution in [3.05, 3.63) is 65.0 Å². The molecular formula is C21H18ClN3O3. The summed E-state index contributed by atoms with van der Waals surface area (Å²) in [6.45, 7) is 2.74. The van der Waals surface area contributed by atoms with E-state index < -0.39 is 0 Å². The first kappa shape index (κ1) is 19.5. The first-order chi connectivity index (χ1) is 13.6. The molecule has 7 heteroatoms. The number of benzene rings is 2. The molecule has 142 valence electrons. The summed E-state index contributed by atoms with van der Waals surface area (Å²) in [6.07, 6.45) is 5.17. The van der Waals surface area contributed by atoms with Crippen LogP contribution in [-0.4, -0.2) is 34.1 Å². The molecule has 2 aromatic carbocycles. The molecule has 0 saturated carbocycles. The van der Waals surface area contributed by atoms with Crippen LogP contribution in [0.4, 0.5) is 0 Å². The molecule has 0 saturated heterocycles. The molecule has 1 heterocycles. The highest BCUT2D eigenvalue weighted by atomic mass is 35.5. The second-order valence-electron chi connectivity index (χ2n) is 5.83. The number of aromatic nitrogens is 2. The van der Waals surface area contributed by atoms with Crippen molar-refractivity contribution in [3.8, 4) is 29.5 Å². The van der Waals surface area contributed by atoms with Crippen molar-refractivity contribution in [2.24, 2.45) is 0 Å². The van der Waals surface area contributed by atoms with Crippen LogP contribution in [0.2, 0.25) is 5.02 Å². The topological polar surface area (TPSA) is 68.5 Å². The lowest BCUT2D eigenvalue weighted by molar-refractivity contribution is 0.0734. The fourth-order valence-electron chi connectivity index (χ4n) is 2.56. The van der Waals surface area contributed by atoms with Gasteiger partial charge in [-0.15, -0.1) is 6.42 Å². The molecule has 0 atom stereocenters. The molecule has 0 fully saturated rings. The van der Waals surface area contributed by atoms with E-state index in [4.69, 9.17) is 27.3 Å². The van der Waals surface area contributed by atoms with Gasteiger partial charge in [0.15, 0.2) is 0 Å². The van der Waals surface area contributed by atoms with Crippen molar-refractivity contribution in [1.82, 2.24) is 15.0 Å². The minimum absolute atomic E-state index is 0.150. The van der Waals surface area contributed by atoms with Gasteiger partial charge in [0.1, 0.15) is 18.9 Å². The number of ether oxygens (including phenoxy) is 1. The zero-order valence-electron chi connectivity index (χ0n) is 15.3. The third-order valence-electron chi connectivity index (χ3n) is 4.00. The van der Waals surface area contributed by atoms with Gasteiger partial charge in [-0.05, 0) is 43.3 Å². The Balaban J connectivity index is 1.71. The quantitative estimate of drug-likeness (QED) is 0.564. The molecule has 3 aromatic rings. The second kappa shape index (κ2) is 9.07. The van der Waals surface area contributed by atoms with Gasteiger partial charge in [-0.1, -0.05) is 34.8 Å². The van der Waals surface area contributed by atoms with Crippen LogP contribution in [0.1, 0.15) is 23.2 Å². The highest BCUT2D eigenvalue weighted by Crippen LogP contribution is 2.25. The third-order valence-corrected chi connectivity index (χ3v) is 4.33. The fourth-order valence-corrected chi connectivity index (χ4v) is 2.78. The van der Waals surface area contributed by atoms with Crippen molar-refractivity contribution in [1.29, 1.82) is 0 Å². The van der Waals surface area contributed by atoms with Gasteiger partial charge >= 0.3 is 0 Å². The van der Waals surface area contributed by atoms with Crippen molar-refractivity contribution >= 4 is 17.5 Å². The molecule has 0 aliphatic heterocycles. The fraction of sp³-hybridized carbons (Fsp3) is 0.190. The summed E-state index contributed by atoms with van der Waals surface area (Å²) in [5.74, 6) is 3.58. The molecule has 28 heavy (non-hydrogen) atoms. The summed E-state index contributed by atoms with van der Waals surface area (Å²) < 4.78 is 10.6. The minimum atomic E-state index is -0.150. The Labute approximate surface area is 168 Å². The summed E-state index contributed by atoms with van der Waals surface area (Å²) in [6, 6.07) is 14.0. The van der Waals surface area contributed by atoms with Crippen LogP contribution in [0.5, 0.6) is 5.75 Å². The maximum absolute atomic E-state index is 12.8. The van der Waals surface area contributed by atoms with Gasteiger partial charge in [-0.2, -0.15) is 4.98 Å². The minimum Gasteiger partial charge on any atom is -0.481 e. The number of nitrogens with zero attached hydrogens (tertiary/aromatic N) is 3. The van der Waals surface area contributed by atoms with Crippen LogP contribution >= 0.6 is 11.6 Å². The van der Waals surface area contributed by atoms with Gasteiger partial charge in [-0.25, -0.2) is 0 Å². The summed E-state index contributed by atoms with van der Waals surface area (Å²) in [4.78, 5) is 18.7. The Bertz CT molecular complexity index is 993. The van der Waals surface area contributed by atoms with Crippen LogP contribution in [0.15, 0.2) is 53.1 Å². The molecule has 1 aromatic heterocycles. The predicted molar refractivity (Wildman–Crippen MR) is 106 cm³/mol. The van der Waals surface area contributed by atoms with E-state index in [1.54, 1.807) is 35.2 Å². The number of hydrogen-bond acceptors (Lipinski definition) is 5. The maximum Gasteiger partial charge on any atom is 0.254 e. The highest BCUT2D eigenvalue weighted by Gasteiger charge is 2.19. The van der Waals surface area contributed by atoms with E-state index >= 15 is 0 Å². The molecule has 0 spiro atoms. The Morgan fingerprint density at radius 1 is 1.25 bits per heavy atom. The van der Waals surface area contributed by atoms with Crippen molar-refractivity contribution < 1.29 is 14.1 Å². The molecule has 3 rings (SSSR count).